The number of nitrogens with zero attached hydrogens (tertiary/aromatic N) is 3. The average Bonchev–Trinajstić information content (AvgIpc) is 3.60. The van der Waals surface area contributed by atoms with Crippen LogP contribution in [0, 0.1) is 20.8 Å². The predicted molar refractivity (Wildman–Crippen MR) is 161 cm³/mol. The van der Waals surface area contributed by atoms with Crippen LogP contribution in [0.3, 0.4) is 0 Å². The third-order valence-corrected chi connectivity index (χ3v) is 8.01. The van der Waals surface area contributed by atoms with Crippen LogP contribution in [0.5, 0.6) is 0 Å². The van der Waals surface area contributed by atoms with E-state index >= 15 is 0 Å². The molecule has 3 aromatic rings. The Hall–Kier alpha value is -4.27. The Morgan fingerprint density at radius 2 is 1.63 bits per heavy atom. The summed E-state index contributed by atoms with van der Waals surface area (Å²) in [6.45, 7) is 11.2. The van der Waals surface area contributed by atoms with Crippen LogP contribution >= 0.6 is 0 Å². The zero-order chi connectivity index (χ0) is 28.9. The molecule has 2 aromatic carbocycles. The Morgan fingerprint density at radius 3 is 2.32 bits per heavy atom. The molecule has 0 saturated carbocycles. The maximum atomic E-state index is 13.0. The average molecular weight is 558 g/mol. The number of carbonyl (C=O) groups excluding carboxylic acids is 3. The van der Waals surface area contributed by atoms with Crippen LogP contribution in [0.1, 0.15) is 57.1 Å². The normalized spacial score (nSPS) is 15.4. The highest BCUT2D eigenvalue weighted by molar-refractivity contribution is 6.05. The van der Waals surface area contributed by atoms with Gasteiger partial charge in [-0.05, 0) is 87.2 Å². The van der Waals surface area contributed by atoms with E-state index in [1.54, 1.807) is 31.2 Å². The van der Waals surface area contributed by atoms with Crippen LogP contribution in [0.25, 0.3) is 0 Å². The van der Waals surface area contributed by atoms with Crippen LogP contribution < -0.4 is 20.4 Å². The monoisotopic (exact) mass is 557 g/mol. The quantitative estimate of drug-likeness (QED) is 0.376. The van der Waals surface area contributed by atoms with Gasteiger partial charge in [0.15, 0.2) is 5.76 Å². The van der Waals surface area contributed by atoms with E-state index in [0.29, 0.717) is 42.9 Å². The second-order valence-electron chi connectivity index (χ2n) is 10.9. The molecule has 3 amide bonds. The molecule has 2 aliphatic rings. The first-order chi connectivity index (χ1) is 19.8. The molecule has 0 unspecified atom stereocenters. The lowest BCUT2D eigenvalue weighted by Crippen LogP contribution is -2.46. The van der Waals surface area contributed by atoms with Crippen LogP contribution in [-0.4, -0.2) is 68.4 Å². The standard InChI is InChI=1S/C32H39N5O4/c1-22-7-10-26(20-23(22)2)35-16-18-36(19-17-35)28-11-9-25(21-27(28)34-32(40)29-12-8-24(3)41-29)31(39)33-13-5-15-37-14-4-6-30(37)38/h7-12,20-21H,4-6,13-19H2,1-3H3,(H,33,39)(H,34,40). The molecule has 9 nitrogen and oxygen atoms in total. The molecule has 0 spiro atoms. The van der Waals surface area contributed by atoms with Gasteiger partial charge >= 0.3 is 0 Å². The first-order valence-corrected chi connectivity index (χ1v) is 14.4. The van der Waals surface area contributed by atoms with Crippen molar-refractivity contribution in [3.63, 3.8) is 0 Å². The van der Waals surface area contributed by atoms with Crippen LogP contribution in [0.15, 0.2) is 52.9 Å². The van der Waals surface area contributed by atoms with Crippen LogP contribution in [0.4, 0.5) is 17.1 Å². The minimum atomic E-state index is -0.360. The fourth-order valence-corrected chi connectivity index (χ4v) is 5.44. The van der Waals surface area contributed by atoms with Crippen LogP contribution in [-0.2, 0) is 4.79 Å². The van der Waals surface area contributed by atoms with Crippen molar-refractivity contribution in [3.05, 3.63) is 76.7 Å². The Bertz CT molecular complexity index is 1420. The lowest BCUT2D eigenvalue weighted by atomic mass is 10.1. The summed E-state index contributed by atoms with van der Waals surface area (Å²) < 4.78 is 5.54. The highest BCUT2D eigenvalue weighted by atomic mass is 16.3. The molecule has 0 atom stereocenters. The molecule has 2 fully saturated rings. The third-order valence-electron chi connectivity index (χ3n) is 8.01. The zero-order valence-corrected chi connectivity index (χ0v) is 24.2. The molecule has 9 heteroatoms. The predicted octanol–water partition coefficient (Wildman–Crippen LogP) is 4.53. The first-order valence-electron chi connectivity index (χ1n) is 14.4. The Morgan fingerprint density at radius 1 is 0.854 bits per heavy atom. The van der Waals surface area contributed by atoms with Crippen molar-refractivity contribution in [2.24, 2.45) is 0 Å². The molecule has 1 aromatic heterocycles. The largest absolute Gasteiger partial charge is 0.456 e. The van der Waals surface area contributed by atoms with Gasteiger partial charge in [0.05, 0.1) is 11.4 Å². The fraction of sp³-hybridized carbons (Fsp3) is 0.406. The number of aryl methyl sites for hydroxylation is 3. The SMILES string of the molecule is Cc1ccc(C(=O)Nc2cc(C(=O)NCCCN3CCCC3=O)ccc2N2CCN(c3ccc(C)c(C)c3)CC2)o1. The van der Waals surface area contributed by atoms with Crippen molar-refractivity contribution in [2.75, 3.05) is 60.9 Å². The third kappa shape index (κ3) is 6.73. The van der Waals surface area contributed by atoms with Crippen molar-refractivity contribution in [2.45, 2.75) is 40.0 Å². The Labute approximate surface area is 241 Å². The van der Waals surface area contributed by atoms with Gasteiger partial charge < -0.3 is 29.8 Å². The molecule has 216 valence electrons. The highest BCUT2D eigenvalue weighted by Crippen LogP contribution is 2.30. The summed E-state index contributed by atoms with van der Waals surface area (Å²) in [6, 6.07) is 15.4. The van der Waals surface area contributed by atoms with Gasteiger partial charge in [-0.25, -0.2) is 0 Å². The van der Waals surface area contributed by atoms with Gasteiger partial charge in [0.1, 0.15) is 5.76 Å². The van der Waals surface area contributed by atoms with Gasteiger partial charge in [-0.3, -0.25) is 14.4 Å². The maximum absolute atomic E-state index is 13.0. The number of nitrogens with one attached hydrogen (secondary N) is 2. The molecule has 5 rings (SSSR count). The van der Waals surface area contributed by atoms with E-state index in [0.717, 1.165) is 44.8 Å². The van der Waals surface area contributed by atoms with Crippen molar-refractivity contribution < 1.29 is 18.8 Å². The molecule has 2 saturated heterocycles. The van der Waals surface area contributed by atoms with Crippen molar-refractivity contribution in [3.8, 4) is 0 Å². The number of furan rings is 1. The summed E-state index contributed by atoms with van der Waals surface area (Å²) in [7, 11) is 0. The van der Waals surface area contributed by atoms with Gasteiger partial charge in [-0.15, -0.1) is 0 Å². The number of carbonyl (C=O) groups is 3. The van der Waals surface area contributed by atoms with E-state index in [4.69, 9.17) is 4.42 Å². The first kappa shape index (κ1) is 28.3. The molecule has 0 aliphatic carbocycles. The summed E-state index contributed by atoms with van der Waals surface area (Å²) in [5.41, 5.74) is 5.68. The minimum absolute atomic E-state index is 0.189. The second kappa shape index (κ2) is 12.5. The minimum Gasteiger partial charge on any atom is -0.456 e. The number of rotatable bonds is 9. The number of amides is 3. The highest BCUT2D eigenvalue weighted by Gasteiger charge is 2.23. The molecule has 3 heterocycles. The smallest absolute Gasteiger partial charge is 0.291 e. The number of anilines is 3. The molecule has 2 N–H and O–H groups in total. The van der Waals surface area contributed by atoms with E-state index in [1.165, 1.54) is 16.8 Å². The van der Waals surface area contributed by atoms with E-state index in [1.807, 2.05) is 11.0 Å². The van der Waals surface area contributed by atoms with Gasteiger partial charge in [-0.2, -0.15) is 0 Å². The van der Waals surface area contributed by atoms with Gasteiger partial charge in [-0.1, -0.05) is 6.07 Å². The van der Waals surface area contributed by atoms with Gasteiger partial charge in [0, 0.05) is 63.5 Å². The summed E-state index contributed by atoms with van der Waals surface area (Å²) in [6.07, 6.45) is 2.22. The number of likely N-dealkylation sites (tertiary alicyclic amines) is 1. The Kier molecular flexibility index (Phi) is 8.61. The van der Waals surface area contributed by atoms with Crippen LogP contribution in [0.2, 0.25) is 0 Å². The zero-order valence-electron chi connectivity index (χ0n) is 24.2. The van der Waals surface area contributed by atoms with E-state index in [2.05, 4.69) is 52.5 Å². The lowest BCUT2D eigenvalue weighted by molar-refractivity contribution is -0.127. The Balaban J connectivity index is 1.28. The lowest BCUT2D eigenvalue weighted by Gasteiger charge is -2.38. The van der Waals surface area contributed by atoms with Crippen molar-refractivity contribution in [1.29, 1.82) is 0 Å². The van der Waals surface area contributed by atoms with E-state index in [9.17, 15) is 14.4 Å². The summed E-state index contributed by atoms with van der Waals surface area (Å²) >= 11 is 0. The van der Waals surface area contributed by atoms with E-state index in [-0.39, 0.29) is 23.5 Å². The van der Waals surface area contributed by atoms with Crippen molar-refractivity contribution in [1.82, 2.24) is 10.2 Å². The number of benzene rings is 2. The number of piperazine rings is 1. The molecule has 0 radical (unpaired) electrons. The summed E-state index contributed by atoms with van der Waals surface area (Å²) in [5.74, 6) is 0.490. The number of hydrogen-bond donors (Lipinski definition) is 2. The summed E-state index contributed by atoms with van der Waals surface area (Å²) in [4.78, 5) is 44.3. The molecule has 41 heavy (non-hydrogen) atoms. The summed E-state index contributed by atoms with van der Waals surface area (Å²) in [5, 5.41) is 5.94. The van der Waals surface area contributed by atoms with E-state index < -0.39 is 0 Å². The molecular weight excluding hydrogens is 518 g/mol. The second-order valence-corrected chi connectivity index (χ2v) is 10.9. The number of hydrogen-bond acceptors (Lipinski definition) is 6. The molecule has 0 bridgehead atoms. The fourth-order valence-electron chi connectivity index (χ4n) is 5.44. The van der Waals surface area contributed by atoms with Crippen molar-refractivity contribution >= 4 is 34.8 Å². The molecular formula is C32H39N5O4. The van der Waals surface area contributed by atoms with Gasteiger partial charge in [0.2, 0.25) is 5.91 Å². The topological polar surface area (TPSA) is 98.1 Å². The van der Waals surface area contributed by atoms with Gasteiger partial charge in [0.25, 0.3) is 11.8 Å². The molecule has 2 aliphatic heterocycles. The maximum Gasteiger partial charge on any atom is 0.291 e.